The van der Waals surface area contributed by atoms with E-state index in [1.165, 1.54) is 19.3 Å². The second-order valence-electron chi connectivity index (χ2n) is 3.96. The van der Waals surface area contributed by atoms with Gasteiger partial charge in [0.15, 0.2) is 0 Å². The van der Waals surface area contributed by atoms with E-state index < -0.39 is 0 Å². The standard InChI is InChI=1S/C11H15BrN2/c12-8-5-2-6-9(13)10(8)11(14)7-3-1-4-7/h2,5-7,11H,1,3-4,13-14H2/t11-/m0/s1. The molecule has 1 saturated carbocycles. The Labute approximate surface area is 92.8 Å². The van der Waals surface area contributed by atoms with Gasteiger partial charge in [-0.3, -0.25) is 0 Å². The van der Waals surface area contributed by atoms with Crippen LogP contribution in [0.5, 0.6) is 0 Å². The Hall–Kier alpha value is -0.540. The molecular formula is C11H15BrN2. The Kier molecular flexibility index (Phi) is 2.79. The third kappa shape index (κ3) is 1.66. The van der Waals surface area contributed by atoms with E-state index in [1.807, 2.05) is 18.2 Å². The molecule has 1 aliphatic carbocycles. The van der Waals surface area contributed by atoms with E-state index in [2.05, 4.69) is 15.9 Å². The van der Waals surface area contributed by atoms with Gasteiger partial charge in [0.05, 0.1) is 0 Å². The van der Waals surface area contributed by atoms with Gasteiger partial charge in [-0.2, -0.15) is 0 Å². The van der Waals surface area contributed by atoms with Crippen LogP contribution < -0.4 is 11.5 Å². The molecular weight excluding hydrogens is 240 g/mol. The predicted octanol–water partition coefficient (Wildman–Crippen LogP) is 2.83. The van der Waals surface area contributed by atoms with Gasteiger partial charge in [-0.1, -0.05) is 28.4 Å². The summed E-state index contributed by atoms with van der Waals surface area (Å²) in [5.41, 5.74) is 14.0. The molecule has 1 fully saturated rings. The van der Waals surface area contributed by atoms with Crippen LogP contribution >= 0.6 is 15.9 Å². The van der Waals surface area contributed by atoms with E-state index in [-0.39, 0.29) is 6.04 Å². The lowest BCUT2D eigenvalue weighted by atomic mass is 9.77. The van der Waals surface area contributed by atoms with Gasteiger partial charge in [0.1, 0.15) is 0 Å². The first-order chi connectivity index (χ1) is 6.70. The maximum Gasteiger partial charge on any atom is 0.0373 e. The largest absolute Gasteiger partial charge is 0.398 e. The Balaban J connectivity index is 2.29. The summed E-state index contributed by atoms with van der Waals surface area (Å²) in [7, 11) is 0. The highest BCUT2D eigenvalue weighted by atomic mass is 79.9. The lowest BCUT2D eigenvalue weighted by molar-refractivity contribution is 0.264. The van der Waals surface area contributed by atoms with Crippen LogP contribution in [0.25, 0.3) is 0 Å². The van der Waals surface area contributed by atoms with Gasteiger partial charge in [-0.25, -0.2) is 0 Å². The number of hydrogen-bond acceptors (Lipinski definition) is 2. The molecule has 1 atom stereocenters. The topological polar surface area (TPSA) is 52.0 Å². The van der Waals surface area contributed by atoms with Gasteiger partial charge in [-0.05, 0) is 30.9 Å². The van der Waals surface area contributed by atoms with Gasteiger partial charge >= 0.3 is 0 Å². The van der Waals surface area contributed by atoms with Crippen molar-refractivity contribution in [2.45, 2.75) is 25.3 Å². The number of halogens is 1. The number of anilines is 1. The summed E-state index contributed by atoms with van der Waals surface area (Å²) in [5.74, 6) is 0.621. The van der Waals surface area contributed by atoms with Crippen LogP contribution in [-0.2, 0) is 0 Å². The Bertz CT molecular complexity index is 314. The molecule has 0 spiro atoms. The molecule has 0 aromatic heterocycles. The number of benzene rings is 1. The fourth-order valence-electron chi connectivity index (χ4n) is 1.94. The smallest absolute Gasteiger partial charge is 0.0373 e. The van der Waals surface area contributed by atoms with E-state index in [9.17, 15) is 0 Å². The molecule has 3 heteroatoms. The van der Waals surface area contributed by atoms with Crippen molar-refractivity contribution in [2.75, 3.05) is 5.73 Å². The van der Waals surface area contributed by atoms with Crippen LogP contribution in [0.4, 0.5) is 5.69 Å². The van der Waals surface area contributed by atoms with Gasteiger partial charge in [0.2, 0.25) is 0 Å². The van der Waals surface area contributed by atoms with Crippen LogP contribution in [0.2, 0.25) is 0 Å². The zero-order chi connectivity index (χ0) is 10.1. The summed E-state index contributed by atoms with van der Waals surface area (Å²) in [6.07, 6.45) is 3.78. The minimum atomic E-state index is 0.0966. The van der Waals surface area contributed by atoms with Crippen LogP contribution in [0.3, 0.4) is 0 Å². The molecule has 0 aliphatic heterocycles. The Morgan fingerprint density at radius 1 is 1.36 bits per heavy atom. The van der Waals surface area contributed by atoms with Gasteiger partial charge in [0.25, 0.3) is 0 Å². The van der Waals surface area contributed by atoms with E-state index in [1.54, 1.807) is 0 Å². The monoisotopic (exact) mass is 254 g/mol. The maximum atomic E-state index is 6.19. The first kappa shape index (κ1) is 9.99. The molecule has 2 nitrogen and oxygen atoms in total. The molecule has 1 aromatic carbocycles. The van der Waals surface area contributed by atoms with Crippen molar-refractivity contribution in [3.63, 3.8) is 0 Å². The van der Waals surface area contributed by atoms with Crippen molar-refractivity contribution in [3.05, 3.63) is 28.2 Å². The molecule has 1 aromatic rings. The van der Waals surface area contributed by atoms with E-state index >= 15 is 0 Å². The van der Waals surface area contributed by atoms with Crippen LogP contribution in [-0.4, -0.2) is 0 Å². The highest BCUT2D eigenvalue weighted by Crippen LogP contribution is 2.40. The van der Waals surface area contributed by atoms with Crippen molar-refractivity contribution >= 4 is 21.6 Å². The molecule has 0 unspecified atom stereocenters. The van der Waals surface area contributed by atoms with Crippen molar-refractivity contribution in [1.82, 2.24) is 0 Å². The number of nitrogens with two attached hydrogens (primary N) is 2. The third-order valence-corrected chi connectivity index (χ3v) is 3.77. The summed E-state index contributed by atoms with van der Waals surface area (Å²) < 4.78 is 1.04. The molecule has 4 N–H and O–H groups in total. The summed E-state index contributed by atoms with van der Waals surface area (Å²) >= 11 is 3.51. The average Bonchev–Trinajstić information content (AvgIpc) is 2.00. The lowest BCUT2D eigenvalue weighted by Gasteiger charge is -2.32. The maximum absolute atomic E-state index is 6.19. The molecule has 0 radical (unpaired) electrons. The molecule has 2 rings (SSSR count). The third-order valence-electron chi connectivity index (χ3n) is 3.08. The molecule has 0 saturated heterocycles. The Morgan fingerprint density at radius 2 is 2.07 bits per heavy atom. The second-order valence-corrected chi connectivity index (χ2v) is 4.81. The first-order valence-electron chi connectivity index (χ1n) is 4.99. The summed E-state index contributed by atoms with van der Waals surface area (Å²) in [5, 5.41) is 0. The normalized spacial score (nSPS) is 19.0. The highest BCUT2D eigenvalue weighted by Gasteiger charge is 2.27. The molecule has 0 bridgehead atoms. The number of rotatable bonds is 2. The quantitative estimate of drug-likeness (QED) is 0.798. The van der Waals surface area contributed by atoms with Crippen LogP contribution in [0.15, 0.2) is 22.7 Å². The fraction of sp³-hybridized carbons (Fsp3) is 0.455. The molecule has 0 heterocycles. The van der Waals surface area contributed by atoms with Crippen molar-refractivity contribution in [3.8, 4) is 0 Å². The highest BCUT2D eigenvalue weighted by molar-refractivity contribution is 9.10. The Morgan fingerprint density at radius 3 is 2.57 bits per heavy atom. The summed E-state index contributed by atoms with van der Waals surface area (Å²) in [6, 6.07) is 5.96. The number of nitrogen functional groups attached to an aromatic ring is 1. The predicted molar refractivity (Wildman–Crippen MR) is 62.8 cm³/mol. The summed E-state index contributed by atoms with van der Waals surface area (Å²) in [6.45, 7) is 0. The van der Waals surface area contributed by atoms with Crippen molar-refractivity contribution < 1.29 is 0 Å². The van der Waals surface area contributed by atoms with Gasteiger partial charge in [0, 0.05) is 21.8 Å². The van der Waals surface area contributed by atoms with Crippen LogP contribution in [0.1, 0.15) is 30.9 Å². The fourth-order valence-corrected chi connectivity index (χ4v) is 2.59. The van der Waals surface area contributed by atoms with Crippen LogP contribution in [0, 0.1) is 5.92 Å². The zero-order valence-electron chi connectivity index (χ0n) is 8.04. The second kappa shape index (κ2) is 3.91. The van der Waals surface area contributed by atoms with Gasteiger partial charge < -0.3 is 11.5 Å². The van der Waals surface area contributed by atoms with Crippen molar-refractivity contribution in [2.24, 2.45) is 11.7 Å². The summed E-state index contributed by atoms with van der Waals surface area (Å²) in [4.78, 5) is 0. The van der Waals surface area contributed by atoms with E-state index in [4.69, 9.17) is 11.5 Å². The van der Waals surface area contributed by atoms with Crippen molar-refractivity contribution in [1.29, 1.82) is 0 Å². The molecule has 0 amide bonds. The SMILES string of the molecule is Nc1cccc(Br)c1[C@@H](N)C1CCC1. The molecule has 14 heavy (non-hydrogen) atoms. The first-order valence-corrected chi connectivity index (χ1v) is 5.79. The number of hydrogen-bond donors (Lipinski definition) is 2. The minimum Gasteiger partial charge on any atom is -0.398 e. The minimum absolute atomic E-state index is 0.0966. The average molecular weight is 255 g/mol. The molecule has 1 aliphatic rings. The molecule has 76 valence electrons. The lowest BCUT2D eigenvalue weighted by Crippen LogP contribution is -2.27. The zero-order valence-corrected chi connectivity index (χ0v) is 9.63. The van der Waals surface area contributed by atoms with E-state index in [0.717, 1.165) is 15.7 Å². The van der Waals surface area contributed by atoms with E-state index in [0.29, 0.717) is 5.92 Å². The van der Waals surface area contributed by atoms with Gasteiger partial charge in [-0.15, -0.1) is 0 Å².